The SMILES string of the molecule is c1ccc([Si](c2ccccc2)(c2cccc(-c3cccc4sc5ccccc5c34)c2)c2cccc(-n3c4ccccc4c4cc(-n5c6ccccc6c6ccccc65)ccc43)c2)cc1. The van der Waals surface area contributed by atoms with Gasteiger partial charge in [0, 0.05) is 53.1 Å². The number of rotatable bonds is 7. The first-order valence-corrected chi connectivity index (χ1v) is 24.8. The minimum Gasteiger partial charge on any atom is -0.309 e. The molecule has 64 heavy (non-hydrogen) atoms. The molecule has 4 heteroatoms. The monoisotopic (exact) mass is 848 g/mol. The largest absolute Gasteiger partial charge is 0.309 e. The number of benzene rings is 10. The summed E-state index contributed by atoms with van der Waals surface area (Å²) in [6.45, 7) is 0. The normalized spacial score (nSPS) is 12.1. The van der Waals surface area contributed by atoms with Crippen LogP contribution in [0.2, 0.25) is 0 Å². The van der Waals surface area contributed by atoms with Crippen LogP contribution in [0.1, 0.15) is 0 Å². The van der Waals surface area contributed by atoms with Crippen molar-refractivity contribution in [2.24, 2.45) is 0 Å². The van der Waals surface area contributed by atoms with E-state index in [-0.39, 0.29) is 0 Å². The maximum Gasteiger partial charge on any atom is 0.179 e. The van der Waals surface area contributed by atoms with Gasteiger partial charge in [0.2, 0.25) is 0 Å². The van der Waals surface area contributed by atoms with Crippen LogP contribution in [0.4, 0.5) is 0 Å². The molecule has 0 saturated carbocycles. The van der Waals surface area contributed by atoms with Crippen LogP contribution in [0, 0.1) is 0 Å². The van der Waals surface area contributed by atoms with E-state index in [4.69, 9.17) is 0 Å². The molecule has 13 aromatic rings. The van der Waals surface area contributed by atoms with Crippen LogP contribution in [-0.4, -0.2) is 17.2 Å². The van der Waals surface area contributed by atoms with Gasteiger partial charge < -0.3 is 9.13 Å². The maximum atomic E-state index is 2.51. The Labute approximate surface area is 376 Å². The van der Waals surface area contributed by atoms with Crippen molar-refractivity contribution < 1.29 is 0 Å². The molecule has 0 spiro atoms. The van der Waals surface area contributed by atoms with E-state index >= 15 is 0 Å². The van der Waals surface area contributed by atoms with Gasteiger partial charge in [-0.3, -0.25) is 0 Å². The van der Waals surface area contributed by atoms with E-state index in [0.717, 1.165) is 11.4 Å². The lowest BCUT2D eigenvalue weighted by molar-refractivity contribution is 1.17. The summed E-state index contributed by atoms with van der Waals surface area (Å²) in [7, 11) is -2.96. The molecular formula is C60H40N2SSi. The predicted octanol–water partition coefficient (Wildman–Crippen LogP) is 13.3. The molecule has 0 aliphatic rings. The Morgan fingerprint density at radius 2 is 0.766 bits per heavy atom. The van der Waals surface area contributed by atoms with Crippen LogP contribution in [0.3, 0.4) is 0 Å². The second-order valence-corrected chi connectivity index (χ2v) is 21.7. The van der Waals surface area contributed by atoms with Gasteiger partial charge in [-0.2, -0.15) is 0 Å². The number of aromatic nitrogens is 2. The summed E-state index contributed by atoms with van der Waals surface area (Å²) in [6.07, 6.45) is 0. The third-order valence-electron chi connectivity index (χ3n) is 13.5. The number of hydrogen-bond acceptors (Lipinski definition) is 1. The molecule has 13 rings (SSSR count). The van der Waals surface area contributed by atoms with Gasteiger partial charge >= 0.3 is 0 Å². The summed E-state index contributed by atoms with van der Waals surface area (Å²) in [6, 6.07) is 90.7. The Bertz CT molecular complexity index is 3820. The summed E-state index contributed by atoms with van der Waals surface area (Å²) in [4.78, 5) is 0. The fourth-order valence-electron chi connectivity index (χ4n) is 10.8. The van der Waals surface area contributed by atoms with E-state index in [1.807, 2.05) is 11.3 Å². The first-order chi connectivity index (χ1) is 31.8. The highest BCUT2D eigenvalue weighted by Crippen LogP contribution is 2.40. The van der Waals surface area contributed by atoms with E-state index < -0.39 is 8.07 Å². The van der Waals surface area contributed by atoms with Crippen LogP contribution >= 0.6 is 11.3 Å². The fourth-order valence-corrected chi connectivity index (χ4v) is 16.7. The van der Waals surface area contributed by atoms with Crippen molar-refractivity contribution in [1.29, 1.82) is 0 Å². The standard InChI is InChI=1S/C60H40N2SSi/c1-3-20-44(21-4-1)64(45-22-5-2-6-23-45,46-24-15-18-41(38-46)48-30-17-35-59-60(48)52-29-10-14-34-58(52)63-59)47-25-16-19-42(39-47)61-56-33-13-9-28-51(56)53-40-43(36-37-57(53)61)62-54-31-11-7-26-49(54)50-27-8-12-32-55(50)62/h1-40H. The third-order valence-corrected chi connectivity index (χ3v) is 19.3. The van der Waals surface area contributed by atoms with Crippen LogP contribution in [-0.2, 0) is 0 Å². The molecule has 0 N–H and O–H groups in total. The van der Waals surface area contributed by atoms with Gasteiger partial charge in [-0.15, -0.1) is 11.3 Å². The van der Waals surface area contributed by atoms with Crippen molar-refractivity contribution in [2.45, 2.75) is 0 Å². The topological polar surface area (TPSA) is 9.86 Å². The molecule has 0 unspecified atom stereocenters. The van der Waals surface area contributed by atoms with Crippen LogP contribution in [0.25, 0.3) is 86.3 Å². The molecule has 0 atom stereocenters. The van der Waals surface area contributed by atoms with Gasteiger partial charge in [0.15, 0.2) is 8.07 Å². The van der Waals surface area contributed by atoms with E-state index in [0.29, 0.717) is 0 Å². The molecule has 3 heterocycles. The molecule has 0 saturated heterocycles. The van der Waals surface area contributed by atoms with Crippen molar-refractivity contribution in [1.82, 2.24) is 9.13 Å². The Hall–Kier alpha value is -7.76. The lowest BCUT2D eigenvalue weighted by Crippen LogP contribution is -2.74. The average Bonchev–Trinajstić information content (AvgIpc) is 4.03. The smallest absolute Gasteiger partial charge is 0.179 e. The number of nitrogens with zero attached hydrogens (tertiary/aromatic N) is 2. The Kier molecular flexibility index (Phi) is 8.45. The Morgan fingerprint density at radius 3 is 1.42 bits per heavy atom. The van der Waals surface area contributed by atoms with Crippen molar-refractivity contribution in [3.05, 3.63) is 243 Å². The molecule has 0 bridgehead atoms. The lowest BCUT2D eigenvalue weighted by Gasteiger charge is -2.35. The molecule has 10 aromatic carbocycles. The molecule has 300 valence electrons. The summed E-state index contributed by atoms with van der Waals surface area (Å²) in [5.41, 5.74) is 9.65. The number of hydrogen-bond donors (Lipinski definition) is 0. The second-order valence-electron chi connectivity index (χ2n) is 16.8. The van der Waals surface area contributed by atoms with Crippen LogP contribution < -0.4 is 20.7 Å². The van der Waals surface area contributed by atoms with Gasteiger partial charge in [-0.1, -0.05) is 182 Å². The van der Waals surface area contributed by atoms with Crippen molar-refractivity contribution in [3.63, 3.8) is 0 Å². The van der Waals surface area contributed by atoms with Gasteiger partial charge in [0.1, 0.15) is 0 Å². The van der Waals surface area contributed by atoms with E-state index in [1.165, 1.54) is 95.7 Å². The summed E-state index contributed by atoms with van der Waals surface area (Å²) >= 11 is 1.88. The van der Waals surface area contributed by atoms with Crippen LogP contribution in [0.5, 0.6) is 0 Å². The first-order valence-electron chi connectivity index (χ1n) is 22.0. The van der Waals surface area contributed by atoms with Gasteiger partial charge in [0.05, 0.1) is 22.1 Å². The molecule has 0 fully saturated rings. The number of fused-ring (bicyclic) bond motifs is 9. The van der Waals surface area contributed by atoms with Crippen molar-refractivity contribution in [2.75, 3.05) is 0 Å². The molecule has 0 radical (unpaired) electrons. The third kappa shape index (κ3) is 5.50. The fraction of sp³-hybridized carbons (Fsp3) is 0. The Balaban J connectivity index is 1.05. The highest BCUT2D eigenvalue weighted by atomic mass is 32.1. The molecule has 0 aliphatic heterocycles. The molecular weight excluding hydrogens is 809 g/mol. The zero-order valence-corrected chi connectivity index (χ0v) is 36.7. The van der Waals surface area contributed by atoms with Crippen molar-refractivity contribution >= 4 is 104 Å². The minimum atomic E-state index is -2.96. The quantitative estimate of drug-likeness (QED) is 0.112. The van der Waals surface area contributed by atoms with Gasteiger partial charge in [-0.05, 0) is 92.5 Å². The van der Waals surface area contributed by atoms with Gasteiger partial charge in [-0.25, -0.2) is 0 Å². The first kappa shape index (κ1) is 36.9. The van der Waals surface area contributed by atoms with Crippen molar-refractivity contribution in [3.8, 4) is 22.5 Å². The van der Waals surface area contributed by atoms with E-state index in [2.05, 4.69) is 252 Å². The Morgan fingerprint density at radius 1 is 0.297 bits per heavy atom. The minimum absolute atomic E-state index is 1.16. The average molecular weight is 849 g/mol. The van der Waals surface area contributed by atoms with Crippen LogP contribution in [0.15, 0.2) is 243 Å². The lowest BCUT2D eigenvalue weighted by atomic mass is 10.00. The molecule has 0 amide bonds. The zero-order chi connectivity index (χ0) is 42.2. The number of thiophene rings is 1. The summed E-state index contributed by atoms with van der Waals surface area (Å²) < 4.78 is 7.55. The predicted molar refractivity (Wildman–Crippen MR) is 277 cm³/mol. The summed E-state index contributed by atoms with van der Waals surface area (Å²) in [5, 5.41) is 13.1. The van der Waals surface area contributed by atoms with Gasteiger partial charge in [0.25, 0.3) is 0 Å². The highest BCUT2D eigenvalue weighted by molar-refractivity contribution is 7.26. The maximum absolute atomic E-state index is 2.96. The highest BCUT2D eigenvalue weighted by Gasteiger charge is 2.42. The zero-order valence-electron chi connectivity index (χ0n) is 34.9. The van der Waals surface area contributed by atoms with E-state index in [9.17, 15) is 0 Å². The van der Waals surface area contributed by atoms with E-state index in [1.54, 1.807) is 0 Å². The molecule has 2 nitrogen and oxygen atoms in total. The number of para-hydroxylation sites is 3. The molecule has 3 aromatic heterocycles. The summed E-state index contributed by atoms with van der Waals surface area (Å²) in [5.74, 6) is 0. The molecule has 0 aliphatic carbocycles. The second kappa shape index (κ2) is 14.7.